The number of rotatable bonds is 5. The van der Waals surface area contributed by atoms with Gasteiger partial charge in [0.25, 0.3) is 0 Å². The van der Waals surface area contributed by atoms with Crippen molar-refractivity contribution in [3.63, 3.8) is 0 Å². The SMILES string of the molecule is [2H][IH]P.[Y].c1ccc(-c2ccccn2)nc1.c1ccc(-c2nc(-c3ccccn3)nc(-c3ccccn3)n2)nc1.c1ccc(-c2ncccn2)nc1. The van der Waals surface area contributed by atoms with Gasteiger partial charge in [-0.2, -0.15) is 0 Å². The minimum absolute atomic E-state index is 0. The summed E-state index contributed by atoms with van der Waals surface area (Å²) in [6, 6.07) is 35.9. The van der Waals surface area contributed by atoms with E-state index in [0.29, 0.717) is 40.4 Å². The summed E-state index contributed by atoms with van der Waals surface area (Å²) >= 11 is -0.363. The maximum atomic E-state index is 6.30. The molecule has 8 heterocycles. The Morgan fingerprint density at radius 2 is 0.569 bits per heavy atom. The molecule has 0 fully saturated rings. The molecule has 51 heavy (non-hydrogen) atoms. The molecule has 14 heteroatoms. The molecule has 0 spiro atoms. The van der Waals surface area contributed by atoms with E-state index in [1.165, 1.54) is 0 Å². The Kier molecular flexibility index (Phi) is 16.3. The van der Waals surface area contributed by atoms with E-state index in [1.54, 1.807) is 55.6 Å². The van der Waals surface area contributed by atoms with E-state index in [-0.39, 0.29) is 54.6 Å². The molecule has 249 valence electrons. The van der Waals surface area contributed by atoms with Gasteiger partial charge in [0.15, 0.2) is 23.3 Å². The van der Waals surface area contributed by atoms with E-state index < -0.39 is 0 Å². The fourth-order valence-corrected chi connectivity index (χ4v) is 4.16. The van der Waals surface area contributed by atoms with Gasteiger partial charge in [0.2, 0.25) is 0 Å². The number of aromatic nitrogens is 11. The first-order valence-electron chi connectivity index (χ1n) is 15.5. The van der Waals surface area contributed by atoms with Crippen LogP contribution in [0.1, 0.15) is 0 Å². The summed E-state index contributed by atoms with van der Waals surface area (Å²) in [4.78, 5) is 47.2. The van der Waals surface area contributed by atoms with Gasteiger partial charge in [-0.15, -0.1) is 0 Å². The fourth-order valence-electron chi connectivity index (χ4n) is 4.16. The molecule has 8 aromatic rings. The van der Waals surface area contributed by atoms with Gasteiger partial charge in [0.1, 0.15) is 22.8 Å². The smallest absolute Gasteiger partial charge is 0.182 e. The van der Waals surface area contributed by atoms with Crippen LogP contribution >= 0.6 is 28.7 Å². The molecule has 8 rings (SSSR count). The number of nitrogens with zero attached hydrogens (tertiary/aromatic N) is 11. The van der Waals surface area contributed by atoms with Crippen LogP contribution < -0.4 is 0 Å². The van der Waals surface area contributed by atoms with Crippen molar-refractivity contribution in [3.8, 4) is 57.5 Å². The van der Waals surface area contributed by atoms with Gasteiger partial charge in [-0.05, 0) is 78.9 Å². The molecule has 0 saturated heterocycles. The van der Waals surface area contributed by atoms with E-state index in [2.05, 4.69) is 61.7 Å². The van der Waals surface area contributed by atoms with Gasteiger partial charge in [-0.3, -0.25) is 29.9 Å². The van der Waals surface area contributed by atoms with Gasteiger partial charge in [0, 0.05) is 82.3 Å². The Labute approximate surface area is 336 Å². The predicted molar refractivity (Wildman–Crippen MR) is 209 cm³/mol. The largest absolute Gasteiger partial charge is 0.255 e. The van der Waals surface area contributed by atoms with Crippen LogP contribution in [0.4, 0.5) is 0 Å². The fraction of sp³-hybridized carbons (Fsp3) is 0. The van der Waals surface area contributed by atoms with Crippen LogP contribution in [0.25, 0.3) is 57.5 Å². The second-order valence-corrected chi connectivity index (χ2v) is 9.67. The molecule has 0 saturated carbocycles. The van der Waals surface area contributed by atoms with Crippen molar-refractivity contribution in [2.75, 3.05) is 0 Å². The van der Waals surface area contributed by atoms with Crippen LogP contribution in [0.3, 0.4) is 0 Å². The van der Waals surface area contributed by atoms with E-state index in [4.69, 9.17) is 0.594 Å². The first-order chi connectivity index (χ1) is 25.2. The number of pyridine rings is 6. The minimum Gasteiger partial charge on any atom is -0.255 e. The summed E-state index contributed by atoms with van der Waals surface area (Å²) in [6.07, 6.45) is 13.8. The van der Waals surface area contributed by atoms with Crippen LogP contribution in [-0.2, 0) is 32.7 Å². The van der Waals surface area contributed by atoms with Crippen molar-refractivity contribution in [2.24, 2.45) is 0 Å². The molecule has 8 aromatic heterocycles. The van der Waals surface area contributed by atoms with Crippen LogP contribution in [0.2, 0.25) is 0 Å². The number of hydrogen-bond donors (Lipinski definition) is 0. The van der Waals surface area contributed by atoms with Crippen molar-refractivity contribution in [1.82, 2.24) is 54.8 Å². The average molecular weight is 878 g/mol. The minimum atomic E-state index is -0.363. The third kappa shape index (κ3) is 12.2. The Balaban J connectivity index is 0.000000182. The second-order valence-electron chi connectivity index (χ2n) is 9.67. The average Bonchev–Trinajstić information content (AvgIpc) is 3.24. The normalized spacial score (nSPS) is 9.94. The van der Waals surface area contributed by atoms with Gasteiger partial charge in [-0.25, -0.2) is 24.9 Å². The molecule has 1 unspecified atom stereocenters. The molecule has 0 aliphatic rings. The zero-order chi connectivity index (χ0) is 35.4. The van der Waals surface area contributed by atoms with Crippen molar-refractivity contribution in [1.29, 1.82) is 0.594 Å². The zero-order valence-electron chi connectivity index (χ0n) is 28.1. The topological polar surface area (TPSA) is 142 Å². The monoisotopic (exact) mass is 877 g/mol. The molecule has 0 aliphatic carbocycles. The molecule has 0 bridgehead atoms. The van der Waals surface area contributed by atoms with E-state index in [0.717, 1.165) is 17.1 Å². The Morgan fingerprint density at radius 1 is 0.333 bits per heavy atom. The van der Waals surface area contributed by atoms with Gasteiger partial charge in [-0.1, -0.05) is 36.4 Å². The van der Waals surface area contributed by atoms with Gasteiger partial charge in [0.05, 0.1) is 11.4 Å². The maximum absolute atomic E-state index is 6.30. The zero-order valence-corrected chi connectivity index (χ0v) is 33.4. The van der Waals surface area contributed by atoms with E-state index in [1.807, 2.05) is 109 Å². The molecule has 11 nitrogen and oxygen atoms in total. The quantitative estimate of drug-likeness (QED) is 0.126. The molecule has 1 atom stereocenters. The first-order valence-corrected chi connectivity index (χ1v) is 19.6. The third-order valence-electron chi connectivity index (χ3n) is 6.37. The summed E-state index contributed by atoms with van der Waals surface area (Å²) < 4.78 is 6.30. The molecule has 0 aliphatic heterocycles. The maximum Gasteiger partial charge on any atom is 0.182 e. The number of halogens is 1. The standard InChI is InChI=1S/C18H12N6.C10H8N2.C9H7N3.H4IP.Y/c1-4-10-19-13(7-1)16-22-17(14-8-2-5-11-20-14)24-18(23-16)15-9-3-6-12-21-15;1-3-7-11-9(5-1)10-6-2-4-8-12-10;1-2-5-10-8(4-1)9-11-6-3-7-12-9;1-2;/h1-12H;1-8H;1-7H;1-2H2;/i;;;1D;. The summed E-state index contributed by atoms with van der Waals surface area (Å²) in [6.45, 7) is 2.38. The molecular formula is C37H31IN11PY. The molecule has 0 aromatic carbocycles. The Bertz CT molecular complexity index is 1850. The molecular weight excluding hydrogens is 845 g/mol. The van der Waals surface area contributed by atoms with Crippen molar-refractivity contribution >= 4 is 28.7 Å². The van der Waals surface area contributed by atoms with Crippen LogP contribution in [0, 0.1) is 0 Å². The van der Waals surface area contributed by atoms with Crippen LogP contribution in [-0.4, -0.2) is 55.4 Å². The van der Waals surface area contributed by atoms with Crippen LogP contribution in [0.15, 0.2) is 165 Å². The van der Waals surface area contributed by atoms with Crippen molar-refractivity contribution in [3.05, 3.63) is 165 Å². The predicted octanol–water partition coefficient (Wildman–Crippen LogP) is 7.41. The summed E-state index contributed by atoms with van der Waals surface area (Å²) in [5, 5.41) is 0. The van der Waals surface area contributed by atoms with Crippen molar-refractivity contribution < 1.29 is 32.7 Å². The second kappa shape index (κ2) is 22.2. The molecule has 1 radical (unpaired) electrons. The van der Waals surface area contributed by atoms with Crippen LogP contribution in [0.5, 0.6) is 0 Å². The van der Waals surface area contributed by atoms with Gasteiger partial charge >= 0.3 is 29.3 Å². The third-order valence-corrected chi connectivity index (χ3v) is 6.37. The van der Waals surface area contributed by atoms with E-state index >= 15 is 0 Å². The first kappa shape index (κ1) is 37.5. The van der Waals surface area contributed by atoms with Gasteiger partial charge < -0.3 is 0 Å². The molecule has 0 amide bonds. The van der Waals surface area contributed by atoms with Crippen molar-refractivity contribution in [2.45, 2.75) is 0 Å². The Hall–Kier alpha value is -4.75. The number of hydrogen-bond acceptors (Lipinski definition) is 11. The summed E-state index contributed by atoms with van der Waals surface area (Å²) in [5.41, 5.74) is 4.66. The Morgan fingerprint density at radius 3 is 0.824 bits per heavy atom. The van der Waals surface area contributed by atoms with E-state index in [9.17, 15) is 0 Å². The summed E-state index contributed by atoms with van der Waals surface area (Å²) in [5.74, 6) is 2.14. The summed E-state index contributed by atoms with van der Waals surface area (Å²) in [7, 11) is 0. The molecule has 0 N–H and O–H groups in total.